The highest BCUT2D eigenvalue weighted by atomic mass is 16.3. The van der Waals surface area contributed by atoms with E-state index in [4.69, 9.17) is 4.42 Å². The van der Waals surface area contributed by atoms with Crippen LogP contribution in [-0.2, 0) is 13.0 Å². The van der Waals surface area contributed by atoms with E-state index >= 15 is 0 Å². The van der Waals surface area contributed by atoms with Crippen molar-refractivity contribution in [3.05, 3.63) is 35.3 Å². The molecular weight excluding hydrogens is 244 g/mol. The molecule has 0 saturated carbocycles. The number of H-pyrrole nitrogens is 1. The van der Waals surface area contributed by atoms with Gasteiger partial charge in [-0.05, 0) is 19.4 Å². The molecule has 2 heterocycles. The maximum absolute atomic E-state index is 12.2. The van der Waals surface area contributed by atoms with Gasteiger partial charge in [-0.25, -0.2) is 4.98 Å². The van der Waals surface area contributed by atoms with Crippen LogP contribution < -0.4 is 0 Å². The van der Waals surface area contributed by atoms with E-state index in [2.05, 4.69) is 22.1 Å². The number of aromatic amines is 1. The summed E-state index contributed by atoms with van der Waals surface area (Å²) in [4.78, 5) is 17.9. The van der Waals surface area contributed by atoms with Crippen molar-refractivity contribution in [3.63, 3.8) is 0 Å². The molecule has 102 valence electrons. The van der Waals surface area contributed by atoms with Gasteiger partial charge in [0.25, 0.3) is 5.91 Å². The van der Waals surface area contributed by atoms with Gasteiger partial charge in [-0.2, -0.15) is 0 Å². The van der Waals surface area contributed by atoms with Gasteiger partial charge in [-0.1, -0.05) is 6.92 Å². The number of nitrogens with one attached hydrogen (secondary N) is 1. The summed E-state index contributed by atoms with van der Waals surface area (Å²) in [6.45, 7) is 4.41. The molecule has 2 aromatic heterocycles. The fourth-order valence-corrected chi connectivity index (χ4v) is 1.81. The maximum Gasteiger partial charge on any atom is 0.293 e. The summed E-state index contributed by atoms with van der Waals surface area (Å²) in [6, 6.07) is 1.86. The van der Waals surface area contributed by atoms with Gasteiger partial charge in [0.1, 0.15) is 11.6 Å². The van der Waals surface area contributed by atoms with E-state index in [-0.39, 0.29) is 11.7 Å². The molecule has 19 heavy (non-hydrogen) atoms. The molecule has 1 amide bonds. The molecule has 6 heteroatoms. The lowest BCUT2D eigenvalue weighted by Crippen LogP contribution is -2.27. The van der Waals surface area contributed by atoms with Crippen molar-refractivity contribution in [2.45, 2.75) is 33.2 Å². The first-order valence-corrected chi connectivity index (χ1v) is 6.31. The fourth-order valence-electron chi connectivity index (χ4n) is 1.81. The average Bonchev–Trinajstić information content (AvgIpc) is 2.99. The molecular formula is C13H18N4O2. The number of hydrogen-bond acceptors (Lipinski definition) is 4. The molecule has 0 radical (unpaired) electrons. The Morgan fingerprint density at radius 3 is 2.95 bits per heavy atom. The Bertz CT molecular complexity index is 558. The number of furan rings is 1. The van der Waals surface area contributed by atoms with Gasteiger partial charge < -0.3 is 9.32 Å². The molecule has 0 aliphatic rings. The fraction of sp³-hybridized carbons (Fsp3) is 0.462. The lowest BCUT2D eigenvalue weighted by molar-refractivity contribution is 0.0773. The van der Waals surface area contributed by atoms with Gasteiger partial charge in [-0.15, -0.1) is 5.10 Å². The van der Waals surface area contributed by atoms with Gasteiger partial charge in [0.15, 0.2) is 0 Å². The molecule has 0 spiro atoms. The third-order valence-corrected chi connectivity index (χ3v) is 2.93. The second-order valence-electron chi connectivity index (χ2n) is 4.52. The standard InChI is InChI=1S/C13H18N4O2/c1-4-5-11-14-12(16-15-11)13(18)17(3)8-10-6-7-19-9(10)2/h6-7H,4-5,8H2,1-3H3,(H,14,15,16). The summed E-state index contributed by atoms with van der Waals surface area (Å²) < 4.78 is 5.21. The molecule has 2 rings (SSSR count). The van der Waals surface area contributed by atoms with Crippen LogP contribution in [0.15, 0.2) is 16.7 Å². The SMILES string of the molecule is CCCc1nc(C(=O)N(C)Cc2ccoc2C)n[nH]1. The highest BCUT2D eigenvalue weighted by Crippen LogP contribution is 2.12. The number of hydrogen-bond donors (Lipinski definition) is 1. The monoisotopic (exact) mass is 262 g/mol. The molecule has 0 fully saturated rings. The largest absolute Gasteiger partial charge is 0.469 e. The van der Waals surface area contributed by atoms with Gasteiger partial charge in [0, 0.05) is 25.6 Å². The highest BCUT2D eigenvalue weighted by Gasteiger charge is 2.18. The normalized spacial score (nSPS) is 10.7. The third-order valence-electron chi connectivity index (χ3n) is 2.93. The van der Waals surface area contributed by atoms with Crippen molar-refractivity contribution < 1.29 is 9.21 Å². The summed E-state index contributed by atoms with van der Waals surface area (Å²) in [7, 11) is 1.73. The number of nitrogens with zero attached hydrogens (tertiary/aromatic N) is 3. The highest BCUT2D eigenvalue weighted by molar-refractivity contribution is 5.90. The minimum Gasteiger partial charge on any atom is -0.469 e. The Morgan fingerprint density at radius 1 is 1.53 bits per heavy atom. The zero-order valence-corrected chi connectivity index (χ0v) is 11.4. The van der Waals surface area contributed by atoms with Crippen LogP contribution in [0, 0.1) is 6.92 Å². The Balaban J connectivity index is 2.04. The lowest BCUT2D eigenvalue weighted by atomic mass is 10.2. The van der Waals surface area contributed by atoms with Crippen LogP contribution in [0.1, 0.15) is 41.1 Å². The summed E-state index contributed by atoms with van der Waals surface area (Å²) in [5.74, 6) is 1.59. The quantitative estimate of drug-likeness (QED) is 0.893. The van der Waals surface area contributed by atoms with Gasteiger partial charge in [0.05, 0.1) is 6.26 Å². The lowest BCUT2D eigenvalue weighted by Gasteiger charge is -2.14. The van der Waals surface area contributed by atoms with Crippen molar-refractivity contribution in [1.29, 1.82) is 0 Å². The minimum absolute atomic E-state index is 0.195. The summed E-state index contributed by atoms with van der Waals surface area (Å²) >= 11 is 0. The van der Waals surface area contributed by atoms with E-state index in [1.807, 2.05) is 13.0 Å². The number of aryl methyl sites for hydroxylation is 2. The molecule has 0 unspecified atom stereocenters. The van der Waals surface area contributed by atoms with Crippen LogP contribution in [0.2, 0.25) is 0 Å². The van der Waals surface area contributed by atoms with Crippen LogP contribution in [0.3, 0.4) is 0 Å². The molecule has 0 aliphatic carbocycles. The molecule has 0 bridgehead atoms. The summed E-state index contributed by atoms with van der Waals surface area (Å²) in [5, 5.41) is 6.74. The second kappa shape index (κ2) is 5.69. The predicted octanol–water partition coefficient (Wildman–Crippen LogP) is 1.93. The maximum atomic E-state index is 12.2. The smallest absolute Gasteiger partial charge is 0.293 e. The number of rotatable bonds is 5. The van der Waals surface area contributed by atoms with Gasteiger partial charge >= 0.3 is 0 Å². The first-order valence-electron chi connectivity index (χ1n) is 6.31. The van der Waals surface area contributed by atoms with Crippen LogP contribution >= 0.6 is 0 Å². The van der Waals surface area contributed by atoms with E-state index < -0.39 is 0 Å². The Hall–Kier alpha value is -2.11. The van der Waals surface area contributed by atoms with Crippen molar-refractivity contribution in [3.8, 4) is 0 Å². The molecule has 0 saturated heterocycles. The van der Waals surface area contributed by atoms with Crippen molar-refractivity contribution >= 4 is 5.91 Å². The Morgan fingerprint density at radius 2 is 2.32 bits per heavy atom. The van der Waals surface area contributed by atoms with Crippen molar-refractivity contribution in [1.82, 2.24) is 20.1 Å². The Labute approximate surface area is 111 Å². The zero-order chi connectivity index (χ0) is 13.8. The molecule has 0 atom stereocenters. The average molecular weight is 262 g/mol. The van der Waals surface area contributed by atoms with E-state index in [1.54, 1.807) is 18.2 Å². The number of carbonyl (C=O) groups excluding carboxylic acids is 1. The molecule has 0 aliphatic heterocycles. The van der Waals surface area contributed by atoms with E-state index in [1.165, 1.54) is 0 Å². The predicted molar refractivity (Wildman–Crippen MR) is 69.6 cm³/mol. The van der Waals surface area contributed by atoms with E-state index in [9.17, 15) is 4.79 Å². The van der Waals surface area contributed by atoms with E-state index in [0.29, 0.717) is 6.54 Å². The van der Waals surface area contributed by atoms with Gasteiger partial charge in [0.2, 0.25) is 5.82 Å². The Kier molecular flexibility index (Phi) is 3.99. The number of aromatic nitrogens is 3. The minimum atomic E-state index is -0.195. The van der Waals surface area contributed by atoms with Crippen LogP contribution in [0.25, 0.3) is 0 Å². The first kappa shape index (κ1) is 13.3. The van der Waals surface area contributed by atoms with Crippen molar-refractivity contribution in [2.24, 2.45) is 0 Å². The molecule has 6 nitrogen and oxygen atoms in total. The molecule has 2 aromatic rings. The van der Waals surface area contributed by atoms with Gasteiger partial charge in [-0.3, -0.25) is 9.89 Å². The summed E-state index contributed by atoms with van der Waals surface area (Å²) in [5.41, 5.74) is 0.986. The van der Waals surface area contributed by atoms with E-state index in [0.717, 1.165) is 30.0 Å². The van der Waals surface area contributed by atoms with Crippen molar-refractivity contribution in [2.75, 3.05) is 7.05 Å². The van der Waals surface area contributed by atoms with Crippen LogP contribution in [0.5, 0.6) is 0 Å². The first-order chi connectivity index (χ1) is 9.11. The molecule has 1 N–H and O–H groups in total. The molecule has 0 aromatic carbocycles. The third kappa shape index (κ3) is 3.01. The number of carbonyl (C=O) groups is 1. The zero-order valence-electron chi connectivity index (χ0n) is 11.4. The second-order valence-corrected chi connectivity index (χ2v) is 4.52. The summed E-state index contributed by atoms with van der Waals surface area (Å²) in [6.07, 6.45) is 3.38. The van der Waals surface area contributed by atoms with Crippen LogP contribution in [-0.4, -0.2) is 33.0 Å². The topological polar surface area (TPSA) is 75.0 Å². The number of amides is 1. The van der Waals surface area contributed by atoms with Crippen LogP contribution in [0.4, 0.5) is 0 Å².